The monoisotopic (exact) mass is 470 g/mol. The van der Waals surface area contributed by atoms with Crippen LogP contribution < -0.4 is 4.72 Å². The zero-order valence-electron chi connectivity index (χ0n) is 13.2. The molecule has 0 fully saturated rings. The van der Waals surface area contributed by atoms with Gasteiger partial charge in [-0.15, -0.1) is 22.7 Å². The van der Waals surface area contributed by atoms with Crippen LogP contribution >= 0.6 is 38.6 Å². The van der Waals surface area contributed by atoms with E-state index in [1.807, 2.05) is 11.4 Å². The molecule has 0 spiro atoms. The first-order valence-electron chi connectivity index (χ1n) is 7.27. The average Bonchev–Trinajstić information content (AvgIpc) is 3.32. The van der Waals surface area contributed by atoms with Crippen molar-refractivity contribution >= 4 is 54.4 Å². The van der Waals surface area contributed by atoms with Gasteiger partial charge in [-0.05, 0) is 47.1 Å². The molecule has 0 aliphatic rings. The van der Waals surface area contributed by atoms with Crippen LogP contribution in [0.25, 0.3) is 16.6 Å². The van der Waals surface area contributed by atoms with E-state index in [1.54, 1.807) is 37.5 Å². The Morgan fingerprint density at radius 2 is 2.15 bits per heavy atom. The van der Waals surface area contributed by atoms with E-state index in [4.69, 9.17) is 4.42 Å². The van der Waals surface area contributed by atoms with E-state index in [2.05, 4.69) is 30.7 Å². The van der Waals surface area contributed by atoms with E-state index in [9.17, 15) is 8.42 Å². The molecule has 26 heavy (non-hydrogen) atoms. The normalized spacial score (nSPS) is 11.8. The van der Waals surface area contributed by atoms with E-state index in [0.29, 0.717) is 28.1 Å². The lowest BCUT2D eigenvalue weighted by Gasteiger charge is -2.07. The quantitative estimate of drug-likeness (QED) is 0.462. The fourth-order valence-electron chi connectivity index (χ4n) is 2.25. The molecule has 0 saturated carbocycles. The van der Waals surface area contributed by atoms with Crippen LogP contribution in [0.2, 0.25) is 0 Å². The molecule has 4 aromatic heterocycles. The molecule has 0 radical (unpaired) electrons. The predicted molar refractivity (Wildman–Crippen MR) is 105 cm³/mol. The van der Waals surface area contributed by atoms with Gasteiger partial charge in [0.2, 0.25) is 5.13 Å². The molecule has 1 N–H and O–H groups in total. The number of nitrogens with zero attached hydrogens (tertiary/aromatic N) is 3. The number of halogens is 1. The van der Waals surface area contributed by atoms with Crippen LogP contribution in [-0.2, 0) is 10.0 Å². The van der Waals surface area contributed by atoms with Crippen molar-refractivity contribution in [3.63, 3.8) is 0 Å². The van der Waals surface area contributed by atoms with Gasteiger partial charge in [-0.2, -0.15) is 9.78 Å². The average molecular weight is 471 g/mol. The number of aromatic nitrogens is 3. The number of thiazole rings is 1. The number of anilines is 1. The maximum atomic E-state index is 12.6. The Labute approximate surface area is 165 Å². The van der Waals surface area contributed by atoms with E-state index < -0.39 is 10.0 Å². The van der Waals surface area contributed by atoms with Crippen LogP contribution in [0.4, 0.5) is 5.82 Å². The van der Waals surface area contributed by atoms with E-state index in [1.165, 1.54) is 16.0 Å². The van der Waals surface area contributed by atoms with E-state index in [-0.39, 0.29) is 4.21 Å². The fraction of sp³-hybridized carbons (Fsp3) is 0.0667. The second-order valence-electron chi connectivity index (χ2n) is 5.24. The molecule has 0 aliphatic heterocycles. The van der Waals surface area contributed by atoms with Crippen molar-refractivity contribution in [2.45, 2.75) is 11.1 Å². The minimum atomic E-state index is -3.71. The van der Waals surface area contributed by atoms with Crippen LogP contribution in [-0.4, -0.2) is 23.2 Å². The number of nitrogens with one attached hydrogen (secondary N) is 1. The third kappa shape index (κ3) is 3.34. The summed E-state index contributed by atoms with van der Waals surface area (Å²) < 4.78 is 35.6. The summed E-state index contributed by atoms with van der Waals surface area (Å²) >= 11 is 5.76. The Hall–Kier alpha value is -1.95. The highest BCUT2D eigenvalue weighted by atomic mass is 79.9. The molecule has 4 heterocycles. The number of sulfonamides is 1. The molecule has 0 atom stereocenters. The Balaban J connectivity index is 1.69. The zero-order valence-corrected chi connectivity index (χ0v) is 17.2. The van der Waals surface area contributed by atoms with Gasteiger partial charge in [-0.3, -0.25) is 4.72 Å². The van der Waals surface area contributed by atoms with E-state index in [0.717, 1.165) is 15.1 Å². The molecule has 7 nitrogen and oxygen atoms in total. The molecule has 0 aromatic carbocycles. The van der Waals surface area contributed by atoms with Gasteiger partial charge < -0.3 is 4.42 Å². The van der Waals surface area contributed by atoms with Gasteiger partial charge in [0, 0.05) is 11.4 Å². The van der Waals surface area contributed by atoms with Gasteiger partial charge >= 0.3 is 0 Å². The molecule has 0 bridgehead atoms. The van der Waals surface area contributed by atoms with Crippen molar-refractivity contribution in [1.82, 2.24) is 14.8 Å². The van der Waals surface area contributed by atoms with Crippen LogP contribution in [0, 0.1) is 6.92 Å². The molecule has 0 saturated heterocycles. The highest BCUT2D eigenvalue weighted by Crippen LogP contribution is 2.30. The maximum Gasteiger partial charge on any atom is 0.272 e. The SMILES string of the molecule is Cc1cc(NS(=O)(=O)c2ccc(Br)s2)n(-c2nc(-c3ccco3)cs2)n1. The van der Waals surface area contributed by atoms with Crippen molar-refractivity contribution in [3.05, 3.63) is 51.5 Å². The summed E-state index contributed by atoms with van der Waals surface area (Å²) in [6.07, 6.45) is 1.57. The molecule has 11 heteroatoms. The zero-order chi connectivity index (χ0) is 18.3. The molecule has 0 amide bonds. The first-order chi connectivity index (χ1) is 12.4. The Morgan fingerprint density at radius 1 is 1.31 bits per heavy atom. The Kier molecular flexibility index (Phi) is 4.47. The van der Waals surface area contributed by atoms with E-state index >= 15 is 0 Å². The summed E-state index contributed by atoms with van der Waals surface area (Å²) in [4.78, 5) is 4.49. The van der Waals surface area contributed by atoms with Crippen LogP contribution in [0.15, 0.2) is 54.4 Å². The number of hydrogen-bond donors (Lipinski definition) is 1. The molecule has 0 aliphatic carbocycles. The summed E-state index contributed by atoms with van der Waals surface area (Å²) in [6.45, 7) is 1.79. The highest BCUT2D eigenvalue weighted by Gasteiger charge is 2.21. The second-order valence-corrected chi connectivity index (χ2v) is 10.4. The third-order valence-corrected chi connectivity index (χ3v) is 7.62. The maximum absolute atomic E-state index is 12.6. The van der Waals surface area contributed by atoms with Crippen molar-refractivity contribution in [2.24, 2.45) is 0 Å². The number of thiophene rings is 1. The van der Waals surface area contributed by atoms with Crippen LogP contribution in [0.5, 0.6) is 0 Å². The molecular weight excluding hydrogens is 460 g/mol. The van der Waals surface area contributed by atoms with Crippen LogP contribution in [0.1, 0.15) is 5.69 Å². The summed E-state index contributed by atoms with van der Waals surface area (Å²) in [5.41, 5.74) is 1.34. The molecule has 4 aromatic rings. The lowest BCUT2D eigenvalue weighted by atomic mass is 10.4. The summed E-state index contributed by atoms with van der Waals surface area (Å²) in [6, 6.07) is 8.49. The summed E-state index contributed by atoms with van der Waals surface area (Å²) in [7, 11) is -3.71. The van der Waals surface area contributed by atoms with Gasteiger partial charge in [0.05, 0.1) is 15.7 Å². The minimum Gasteiger partial charge on any atom is -0.463 e. The molecule has 4 rings (SSSR count). The number of aryl methyl sites for hydroxylation is 1. The highest BCUT2D eigenvalue weighted by molar-refractivity contribution is 9.11. The Bertz CT molecular complexity index is 1160. The van der Waals surface area contributed by atoms with Crippen molar-refractivity contribution in [3.8, 4) is 16.6 Å². The standard InChI is InChI=1S/C15H11BrN4O3S3/c1-9-7-13(19-26(21,22)14-5-4-12(16)25-14)20(18-9)15-17-10(8-24-15)11-3-2-6-23-11/h2-8,19H,1H3. The third-order valence-electron chi connectivity index (χ3n) is 3.33. The summed E-state index contributed by atoms with van der Waals surface area (Å²) in [5.74, 6) is 0.967. The number of furan rings is 1. The first-order valence-corrected chi connectivity index (χ1v) is 11.2. The van der Waals surface area contributed by atoms with Crippen LogP contribution in [0.3, 0.4) is 0 Å². The minimum absolute atomic E-state index is 0.213. The topological polar surface area (TPSA) is 90.0 Å². The van der Waals surface area contributed by atoms with Crippen molar-refractivity contribution in [2.75, 3.05) is 4.72 Å². The van der Waals surface area contributed by atoms with Crippen molar-refractivity contribution in [1.29, 1.82) is 0 Å². The van der Waals surface area contributed by atoms with Crippen molar-refractivity contribution < 1.29 is 12.8 Å². The summed E-state index contributed by atoms with van der Waals surface area (Å²) in [5, 5.41) is 6.73. The molecule has 134 valence electrons. The van der Waals surface area contributed by atoms with Gasteiger partial charge in [0.25, 0.3) is 10.0 Å². The predicted octanol–water partition coefficient (Wildman–Crippen LogP) is 4.52. The lowest BCUT2D eigenvalue weighted by Crippen LogP contribution is -2.14. The molecule has 0 unspecified atom stereocenters. The fourth-order valence-corrected chi connectivity index (χ4v) is 6.07. The smallest absolute Gasteiger partial charge is 0.272 e. The van der Waals surface area contributed by atoms with Gasteiger partial charge in [0.15, 0.2) is 5.76 Å². The molecular formula is C15H11BrN4O3S3. The van der Waals surface area contributed by atoms with Gasteiger partial charge in [-0.25, -0.2) is 13.4 Å². The number of hydrogen-bond acceptors (Lipinski definition) is 7. The lowest BCUT2D eigenvalue weighted by molar-refractivity contribution is 0.580. The second kappa shape index (κ2) is 6.65. The van der Waals surface area contributed by atoms with Gasteiger partial charge in [-0.1, -0.05) is 0 Å². The number of rotatable bonds is 5. The largest absolute Gasteiger partial charge is 0.463 e. The first kappa shape index (κ1) is 17.5. The van der Waals surface area contributed by atoms with Gasteiger partial charge in [0.1, 0.15) is 15.7 Å². The Morgan fingerprint density at radius 3 is 2.85 bits per heavy atom.